The molecule has 0 unspecified atom stereocenters. The molecular weight excluding hydrogens is 213 g/mol. The average Bonchev–Trinajstić information content (AvgIpc) is 2.39. The summed E-state index contributed by atoms with van der Waals surface area (Å²) >= 11 is 0. The van der Waals surface area contributed by atoms with E-state index in [-0.39, 0.29) is 12.3 Å². The van der Waals surface area contributed by atoms with E-state index < -0.39 is 12.1 Å². The second kappa shape index (κ2) is 3.92. The number of hydrogen-bond donors (Lipinski definition) is 1. The van der Waals surface area contributed by atoms with Gasteiger partial charge in [-0.05, 0) is 6.92 Å². The number of carbonyl (C=O) groups excluding carboxylic acids is 1. The summed E-state index contributed by atoms with van der Waals surface area (Å²) in [5.74, 6) is -1.41. The van der Waals surface area contributed by atoms with Gasteiger partial charge in [0.2, 0.25) is 0 Å². The van der Waals surface area contributed by atoms with E-state index in [1.54, 1.807) is 19.2 Å². The fourth-order valence-corrected chi connectivity index (χ4v) is 0.998. The quantitative estimate of drug-likeness (QED) is 0.824. The minimum Gasteiger partial charge on any atom is -0.444 e. The van der Waals surface area contributed by atoms with Crippen molar-refractivity contribution in [3.63, 3.8) is 0 Å². The van der Waals surface area contributed by atoms with E-state index in [0.29, 0.717) is 11.6 Å². The van der Waals surface area contributed by atoms with Gasteiger partial charge >= 0.3 is 12.1 Å². The Labute approximate surface area is 83.5 Å². The molecule has 1 amide bonds. The van der Waals surface area contributed by atoms with Crippen molar-refractivity contribution in [1.82, 2.24) is 10.3 Å². The van der Waals surface area contributed by atoms with E-state index in [1.807, 2.05) is 0 Å². The van der Waals surface area contributed by atoms with Crippen LogP contribution in [0.5, 0.6) is 0 Å². The first-order chi connectivity index (χ1) is 6.80. The van der Waals surface area contributed by atoms with Crippen LogP contribution in [-0.2, 0) is 11.3 Å². The van der Waals surface area contributed by atoms with Gasteiger partial charge in [-0.2, -0.15) is 13.2 Å². The monoisotopic (exact) mass is 222 g/mol. The van der Waals surface area contributed by atoms with Crippen molar-refractivity contribution in [2.45, 2.75) is 26.6 Å². The van der Waals surface area contributed by atoms with Crippen molar-refractivity contribution in [1.29, 1.82) is 0 Å². The van der Waals surface area contributed by atoms with Gasteiger partial charge in [0.15, 0.2) is 5.89 Å². The number of halogens is 3. The molecule has 0 spiro atoms. The fourth-order valence-electron chi connectivity index (χ4n) is 0.998. The average molecular weight is 222 g/mol. The molecule has 1 rings (SSSR count). The van der Waals surface area contributed by atoms with Crippen molar-refractivity contribution >= 4 is 5.91 Å². The predicted octanol–water partition coefficient (Wildman–Crippen LogP) is 1.47. The minimum atomic E-state index is -4.87. The first-order valence-corrected chi connectivity index (χ1v) is 4.08. The summed E-state index contributed by atoms with van der Waals surface area (Å²) in [5, 5.41) is 1.70. The molecule has 1 N–H and O–H groups in total. The van der Waals surface area contributed by atoms with Crippen LogP contribution in [0.4, 0.5) is 13.2 Å². The molecule has 84 valence electrons. The molecule has 0 fully saturated rings. The molecule has 0 aromatic carbocycles. The lowest BCUT2D eigenvalue weighted by Crippen LogP contribution is -2.36. The van der Waals surface area contributed by atoms with Gasteiger partial charge < -0.3 is 9.73 Å². The Morgan fingerprint density at radius 1 is 1.47 bits per heavy atom. The molecule has 0 aliphatic heterocycles. The number of hydrogen-bond acceptors (Lipinski definition) is 3. The van der Waals surface area contributed by atoms with Crippen LogP contribution in [0.3, 0.4) is 0 Å². The van der Waals surface area contributed by atoms with Gasteiger partial charge in [-0.15, -0.1) is 0 Å². The zero-order valence-electron chi connectivity index (χ0n) is 8.10. The van der Waals surface area contributed by atoms with Crippen molar-refractivity contribution in [3.05, 3.63) is 17.3 Å². The number of aryl methyl sites for hydroxylation is 2. The standard InChI is InChI=1S/C8H9F3N2O2/c1-4-6(15-5(2)13-4)3-12-7(14)8(9,10)11/h3H2,1-2H3,(H,12,14). The predicted molar refractivity (Wildman–Crippen MR) is 43.9 cm³/mol. The minimum absolute atomic E-state index is 0.227. The SMILES string of the molecule is Cc1nc(C)c(CNC(=O)C(F)(F)F)o1. The third-order valence-corrected chi connectivity index (χ3v) is 1.67. The molecule has 7 heteroatoms. The summed E-state index contributed by atoms with van der Waals surface area (Å²) < 4.78 is 40.4. The van der Waals surface area contributed by atoms with Crippen LogP contribution in [-0.4, -0.2) is 17.1 Å². The summed E-state index contributed by atoms with van der Waals surface area (Å²) in [4.78, 5) is 14.3. The number of amides is 1. The molecule has 0 bridgehead atoms. The molecule has 0 saturated carbocycles. The molecule has 1 heterocycles. The van der Waals surface area contributed by atoms with Crippen LogP contribution >= 0.6 is 0 Å². The second-order valence-electron chi connectivity index (χ2n) is 2.92. The van der Waals surface area contributed by atoms with E-state index >= 15 is 0 Å². The number of nitrogens with one attached hydrogen (secondary N) is 1. The van der Waals surface area contributed by atoms with Gasteiger partial charge in [0.25, 0.3) is 0 Å². The Morgan fingerprint density at radius 3 is 2.47 bits per heavy atom. The number of rotatable bonds is 2. The maximum atomic E-state index is 11.8. The van der Waals surface area contributed by atoms with Crippen molar-refractivity contribution < 1.29 is 22.4 Å². The van der Waals surface area contributed by atoms with Gasteiger partial charge in [-0.1, -0.05) is 0 Å². The van der Waals surface area contributed by atoms with E-state index in [1.165, 1.54) is 0 Å². The zero-order valence-corrected chi connectivity index (χ0v) is 8.10. The number of oxazole rings is 1. The van der Waals surface area contributed by atoms with Gasteiger partial charge in [0.05, 0.1) is 12.2 Å². The summed E-state index contributed by atoms with van der Waals surface area (Å²) in [6.07, 6.45) is -4.87. The molecule has 1 aromatic rings. The summed E-state index contributed by atoms with van der Waals surface area (Å²) in [6, 6.07) is 0. The van der Waals surface area contributed by atoms with Crippen LogP contribution in [0.15, 0.2) is 4.42 Å². The first kappa shape index (κ1) is 11.5. The molecular formula is C8H9F3N2O2. The highest BCUT2D eigenvalue weighted by atomic mass is 19.4. The van der Waals surface area contributed by atoms with Crippen LogP contribution in [0, 0.1) is 13.8 Å². The smallest absolute Gasteiger partial charge is 0.444 e. The summed E-state index contributed by atoms with van der Waals surface area (Å²) in [5.41, 5.74) is 0.468. The summed E-state index contributed by atoms with van der Waals surface area (Å²) in [7, 11) is 0. The highest BCUT2D eigenvalue weighted by molar-refractivity contribution is 5.81. The Kier molecular flexibility index (Phi) is 3.01. The molecule has 1 aromatic heterocycles. The van der Waals surface area contributed by atoms with Gasteiger partial charge in [0.1, 0.15) is 5.76 Å². The normalized spacial score (nSPS) is 11.5. The lowest BCUT2D eigenvalue weighted by atomic mass is 10.3. The second-order valence-corrected chi connectivity index (χ2v) is 2.92. The maximum Gasteiger partial charge on any atom is 0.471 e. The third kappa shape index (κ3) is 2.97. The van der Waals surface area contributed by atoms with E-state index in [4.69, 9.17) is 4.42 Å². The number of aromatic nitrogens is 1. The van der Waals surface area contributed by atoms with Crippen LogP contribution in [0.2, 0.25) is 0 Å². The molecule has 0 aliphatic rings. The number of carbonyl (C=O) groups is 1. The van der Waals surface area contributed by atoms with Crippen LogP contribution in [0.25, 0.3) is 0 Å². The van der Waals surface area contributed by atoms with Gasteiger partial charge in [0, 0.05) is 6.92 Å². The molecule has 0 saturated heterocycles. The van der Waals surface area contributed by atoms with Gasteiger partial charge in [-0.25, -0.2) is 4.98 Å². The van der Waals surface area contributed by atoms with E-state index in [0.717, 1.165) is 0 Å². The van der Waals surface area contributed by atoms with E-state index in [9.17, 15) is 18.0 Å². The fraction of sp³-hybridized carbons (Fsp3) is 0.500. The van der Waals surface area contributed by atoms with Crippen molar-refractivity contribution in [2.24, 2.45) is 0 Å². The Bertz CT molecular complexity index is 370. The lowest BCUT2D eigenvalue weighted by Gasteiger charge is -2.05. The number of alkyl halides is 3. The largest absolute Gasteiger partial charge is 0.471 e. The van der Waals surface area contributed by atoms with E-state index in [2.05, 4.69) is 4.98 Å². The van der Waals surface area contributed by atoms with Gasteiger partial charge in [-0.3, -0.25) is 4.79 Å². The third-order valence-electron chi connectivity index (χ3n) is 1.67. The van der Waals surface area contributed by atoms with Crippen molar-refractivity contribution in [2.75, 3.05) is 0 Å². The Morgan fingerprint density at radius 2 is 2.07 bits per heavy atom. The van der Waals surface area contributed by atoms with Crippen LogP contribution in [0.1, 0.15) is 17.3 Å². The molecule has 0 radical (unpaired) electrons. The Balaban J connectivity index is 2.58. The molecule has 15 heavy (non-hydrogen) atoms. The molecule has 0 atom stereocenters. The molecule has 0 aliphatic carbocycles. The summed E-state index contributed by atoms with van der Waals surface area (Å²) in [6.45, 7) is 2.85. The topological polar surface area (TPSA) is 55.1 Å². The van der Waals surface area contributed by atoms with Crippen molar-refractivity contribution in [3.8, 4) is 0 Å². The zero-order chi connectivity index (χ0) is 11.6. The highest BCUT2D eigenvalue weighted by Gasteiger charge is 2.38. The maximum absolute atomic E-state index is 11.8. The lowest BCUT2D eigenvalue weighted by molar-refractivity contribution is -0.173. The first-order valence-electron chi connectivity index (χ1n) is 4.08. The number of nitrogens with zero attached hydrogens (tertiary/aromatic N) is 1. The molecule has 4 nitrogen and oxygen atoms in total. The Hall–Kier alpha value is -1.53. The van der Waals surface area contributed by atoms with Crippen LogP contribution < -0.4 is 5.32 Å². The highest BCUT2D eigenvalue weighted by Crippen LogP contribution is 2.15.